The standard InChI is InChI=1S/C22H20N4O2/c1-15-8-10-16(11-9-15)24-20-18-6-2-3-7-19(18)25-21(26-20)22(27)23-13-12-17-5-4-14-28-17/h2-11,14H,12-13H2,1H3,(H,23,27)(H,24,25,26). The number of hydrogen-bond donors (Lipinski definition) is 2. The summed E-state index contributed by atoms with van der Waals surface area (Å²) < 4.78 is 5.28. The summed E-state index contributed by atoms with van der Waals surface area (Å²) >= 11 is 0. The highest BCUT2D eigenvalue weighted by molar-refractivity contribution is 5.97. The van der Waals surface area contributed by atoms with Gasteiger partial charge in [0, 0.05) is 24.0 Å². The summed E-state index contributed by atoms with van der Waals surface area (Å²) in [5.74, 6) is 1.24. The Balaban J connectivity index is 1.57. The molecule has 140 valence electrons. The molecule has 2 heterocycles. The van der Waals surface area contributed by atoms with Gasteiger partial charge in [-0.3, -0.25) is 4.79 Å². The van der Waals surface area contributed by atoms with Crippen LogP contribution in [0.15, 0.2) is 71.3 Å². The van der Waals surface area contributed by atoms with Gasteiger partial charge in [-0.1, -0.05) is 29.8 Å². The number of fused-ring (bicyclic) bond motifs is 1. The highest BCUT2D eigenvalue weighted by Gasteiger charge is 2.14. The number of carbonyl (C=O) groups excluding carboxylic acids is 1. The number of para-hydroxylation sites is 1. The van der Waals surface area contributed by atoms with Crippen LogP contribution >= 0.6 is 0 Å². The molecule has 4 aromatic rings. The van der Waals surface area contributed by atoms with Crippen molar-refractivity contribution < 1.29 is 9.21 Å². The molecule has 0 aliphatic rings. The van der Waals surface area contributed by atoms with Gasteiger partial charge in [0.2, 0.25) is 5.82 Å². The van der Waals surface area contributed by atoms with Crippen LogP contribution in [0.25, 0.3) is 10.9 Å². The van der Waals surface area contributed by atoms with Crippen molar-refractivity contribution in [1.29, 1.82) is 0 Å². The Morgan fingerprint density at radius 2 is 1.82 bits per heavy atom. The third-order valence-corrected chi connectivity index (χ3v) is 4.36. The minimum absolute atomic E-state index is 0.132. The largest absolute Gasteiger partial charge is 0.469 e. The number of nitrogens with zero attached hydrogens (tertiary/aromatic N) is 2. The lowest BCUT2D eigenvalue weighted by atomic mass is 10.2. The Morgan fingerprint density at radius 3 is 2.61 bits per heavy atom. The third kappa shape index (κ3) is 4.01. The zero-order valence-electron chi connectivity index (χ0n) is 15.5. The highest BCUT2D eigenvalue weighted by atomic mass is 16.3. The van der Waals surface area contributed by atoms with Gasteiger partial charge < -0.3 is 15.1 Å². The Labute approximate surface area is 162 Å². The summed E-state index contributed by atoms with van der Waals surface area (Å²) in [6.45, 7) is 2.48. The number of aryl methyl sites for hydroxylation is 1. The van der Waals surface area contributed by atoms with E-state index in [4.69, 9.17) is 4.42 Å². The van der Waals surface area contributed by atoms with Gasteiger partial charge in [-0.15, -0.1) is 0 Å². The number of hydrogen-bond acceptors (Lipinski definition) is 5. The molecule has 2 N–H and O–H groups in total. The predicted octanol–water partition coefficient (Wildman–Crippen LogP) is 4.25. The second-order valence-corrected chi connectivity index (χ2v) is 6.49. The van der Waals surface area contributed by atoms with Gasteiger partial charge in [-0.25, -0.2) is 9.97 Å². The Morgan fingerprint density at radius 1 is 1.00 bits per heavy atom. The number of benzene rings is 2. The van der Waals surface area contributed by atoms with E-state index >= 15 is 0 Å². The van der Waals surface area contributed by atoms with Crippen molar-refractivity contribution in [2.45, 2.75) is 13.3 Å². The van der Waals surface area contributed by atoms with Gasteiger partial charge in [0.15, 0.2) is 0 Å². The Kier molecular flexibility index (Phi) is 5.01. The first kappa shape index (κ1) is 17.7. The second-order valence-electron chi connectivity index (χ2n) is 6.49. The average Bonchev–Trinajstić information content (AvgIpc) is 3.23. The molecule has 0 radical (unpaired) electrons. The number of aromatic nitrogens is 2. The normalized spacial score (nSPS) is 10.8. The second kappa shape index (κ2) is 7.92. The summed E-state index contributed by atoms with van der Waals surface area (Å²) in [6.07, 6.45) is 2.23. The maximum absolute atomic E-state index is 12.6. The SMILES string of the molecule is Cc1ccc(Nc2nc(C(=O)NCCc3ccco3)nc3ccccc23)cc1. The fourth-order valence-corrected chi connectivity index (χ4v) is 2.88. The molecule has 0 bridgehead atoms. The van der Waals surface area contributed by atoms with Crippen LogP contribution in [0.1, 0.15) is 21.9 Å². The summed E-state index contributed by atoms with van der Waals surface area (Å²) in [4.78, 5) is 21.5. The molecule has 6 heteroatoms. The van der Waals surface area contributed by atoms with Crippen molar-refractivity contribution in [3.05, 3.63) is 84.1 Å². The molecule has 6 nitrogen and oxygen atoms in total. The first-order valence-electron chi connectivity index (χ1n) is 9.10. The maximum Gasteiger partial charge on any atom is 0.289 e. The number of anilines is 2. The van der Waals surface area contributed by atoms with Crippen LogP contribution in [0.3, 0.4) is 0 Å². The number of furan rings is 1. The zero-order chi connectivity index (χ0) is 19.3. The molecule has 0 aliphatic carbocycles. The van der Waals surface area contributed by atoms with Crippen LogP contribution < -0.4 is 10.6 Å². The maximum atomic E-state index is 12.6. The van der Waals surface area contributed by atoms with Crippen LogP contribution in [-0.4, -0.2) is 22.4 Å². The average molecular weight is 372 g/mol. The number of amides is 1. The van der Waals surface area contributed by atoms with Crippen molar-refractivity contribution in [3.63, 3.8) is 0 Å². The van der Waals surface area contributed by atoms with Crippen LogP contribution in [0, 0.1) is 6.92 Å². The van der Waals surface area contributed by atoms with Gasteiger partial charge >= 0.3 is 0 Å². The molecule has 0 saturated heterocycles. The zero-order valence-corrected chi connectivity index (χ0v) is 15.5. The number of rotatable bonds is 6. The van der Waals surface area contributed by atoms with Gasteiger partial charge in [0.05, 0.1) is 11.8 Å². The molecule has 4 rings (SSSR count). The van der Waals surface area contributed by atoms with Crippen molar-refractivity contribution >= 4 is 28.3 Å². The van der Waals surface area contributed by atoms with Gasteiger partial charge in [0.25, 0.3) is 5.91 Å². The van der Waals surface area contributed by atoms with Crippen LogP contribution in [0.5, 0.6) is 0 Å². The molecule has 0 unspecified atom stereocenters. The monoisotopic (exact) mass is 372 g/mol. The van der Waals surface area contributed by atoms with Crippen LogP contribution in [0.4, 0.5) is 11.5 Å². The number of nitrogens with one attached hydrogen (secondary N) is 2. The summed E-state index contributed by atoms with van der Waals surface area (Å²) in [7, 11) is 0. The minimum atomic E-state index is -0.315. The number of carbonyl (C=O) groups is 1. The van der Waals surface area contributed by atoms with E-state index in [9.17, 15) is 4.79 Å². The van der Waals surface area contributed by atoms with Gasteiger partial charge in [0.1, 0.15) is 11.6 Å². The molecule has 2 aromatic heterocycles. The van der Waals surface area contributed by atoms with Crippen LogP contribution in [-0.2, 0) is 6.42 Å². The smallest absolute Gasteiger partial charge is 0.289 e. The van der Waals surface area contributed by atoms with E-state index in [1.54, 1.807) is 6.26 Å². The van der Waals surface area contributed by atoms with Crippen molar-refractivity contribution in [2.75, 3.05) is 11.9 Å². The minimum Gasteiger partial charge on any atom is -0.469 e. The first-order valence-corrected chi connectivity index (χ1v) is 9.10. The van der Waals surface area contributed by atoms with Crippen molar-refractivity contribution in [3.8, 4) is 0 Å². The lowest BCUT2D eigenvalue weighted by Gasteiger charge is -2.11. The third-order valence-electron chi connectivity index (χ3n) is 4.36. The lowest BCUT2D eigenvalue weighted by molar-refractivity contribution is 0.0944. The first-order chi connectivity index (χ1) is 13.7. The van der Waals surface area contributed by atoms with E-state index in [2.05, 4.69) is 20.6 Å². The molecule has 0 aliphatic heterocycles. The van der Waals surface area contributed by atoms with E-state index in [0.29, 0.717) is 24.3 Å². The molecule has 0 fully saturated rings. The topological polar surface area (TPSA) is 80.0 Å². The fraction of sp³-hybridized carbons (Fsp3) is 0.136. The summed E-state index contributed by atoms with van der Waals surface area (Å²) in [5, 5.41) is 7.01. The molecular formula is C22H20N4O2. The van der Waals surface area contributed by atoms with E-state index < -0.39 is 0 Å². The van der Waals surface area contributed by atoms with Gasteiger partial charge in [-0.05, 0) is 43.3 Å². The molecule has 1 amide bonds. The quantitative estimate of drug-likeness (QED) is 0.529. The molecule has 28 heavy (non-hydrogen) atoms. The molecule has 0 atom stereocenters. The highest BCUT2D eigenvalue weighted by Crippen LogP contribution is 2.24. The molecular weight excluding hydrogens is 352 g/mol. The van der Waals surface area contributed by atoms with Crippen molar-refractivity contribution in [2.24, 2.45) is 0 Å². The van der Waals surface area contributed by atoms with E-state index in [1.807, 2.05) is 67.6 Å². The van der Waals surface area contributed by atoms with Gasteiger partial charge in [-0.2, -0.15) is 0 Å². The Hall–Kier alpha value is -3.67. The van der Waals surface area contributed by atoms with E-state index in [-0.39, 0.29) is 11.7 Å². The summed E-state index contributed by atoms with van der Waals surface area (Å²) in [6, 6.07) is 19.3. The van der Waals surface area contributed by atoms with E-state index in [0.717, 1.165) is 16.8 Å². The van der Waals surface area contributed by atoms with E-state index in [1.165, 1.54) is 5.56 Å². The molecule has 0 saturated carbocycles. The molecule has 2 aromatic carbocycles. The lowest BCUT2D eigenvalue weighted by Crippen LogP contribution is -2.27. The predicted molar refractivity (Wildman–Crippen MR) is 109 cm³/mol. The Bertz CT molecular complexity index is 1090. The fourth-order valence-electron chi connectivity index (χ4n) is 2.88. The molecule has 0 spiro atoms. The summed E-state index contributed by atoms with van der Waals surface area (Å²) in [5.41, 5.74) is 2.79. The van der Waals surface area contributed by atoms with Crippen LogP contribution in [0.2, 0.25) is 0 Å². The van der Waals surface area contributed by atoms with Crippen molar-refractivity contribution in [1.82, 2.24) is 15.3 Å².